The van der Waals surface area contributed by atoms with Gasteiger partial charge < -0.3 is 5.32 Å². The van der Waals surface area contributed by atoms with Gasteiger partial charge in [-0.05, 0) is 54.9 Å². The lowest BCUT2D eigenvalue weighted by Crippen LogP contribution is -2.25. The third kappa shape index (κ3) is 3.40. The van der Waals surface area contributed by atoms with Crippen molar-refractivity contribution >= 4 is 40.3 Å². The zero-order chi connectivity index (χ0) is 14.7. The fraction of sp³-hybridized carbons (Fsp3) is 0.125. The topological polar surface area (TPSA) is 36.4 Å². The molecule has 3 rings (SSSR count). The molecule has 0 saturated carbocycles. The average Bonchev–Trinajstić information content (AvgIpc) is 2.91. The van der Waals surface area contributed by atoms with E-state index in [1.54, 1.807) is 0 Å². The maximum atomic E-state index is 5.85. The van der Waals surface area contributed by atoms with E-state index in [-0.39, 0.29) is 0 Å². The average molecular weight is 316 g/mol. The second kappa shape index (κ2) is 6.24. The first-order chi connectivity index (χ1) is 10.2. The van der Waals surface area contributed by atoms with Gasteiger partial charge in [0.25, 0.3) is 0 Å². The summed E-state index contributed by atoms with van der Waals surface area (Å²) in [5.41, 5.74) is 7.38. The molecule has 0 bridgehead atoms. The van der Waals surface area contributed by atoms with Crippen LogP contribution in [0.15, 0.2) is 53.6 Å². The van der Waals surface area contributed by atoms with Gasteiger partial charge in [-0.25, -0.2) is 0 Å². The number of nitrogens with one attached hydrogen (secondary N) is 2. The number of nitrogens with zero attached hydrogens (tertiary/aromatic N) is 1. The number of thiocarbonyl (C=S) groups is 1. The van der Waals surface area contributed by atoms with E-state index >= 15 is 0 Å². The summed E-state index contributed by atoms with van der Waals surface area (Å²) in [6.07, 6.45) is 1.98. The second-order valence-corrected chi connectivity index (χ2v) is 5.63. The third-order valence-corrected chi connectivity index (χ3v) is 3.80. The van der Waals surface area contributed by atoms with E-state index in [4.69, 9.17) is 23.8 Å². The molecule has 0 unspecified atom stereocenters. The van der Waals surface area contributed by atoms with E-state index < -0.39 is 0 Å². The number of hydrogen-bond acceptors (Lipinski definition) is 2. The van der Waals surface area contributed by atoms with Gasteiger partial charge in [0.05, 0.1) is 5.71 Å². The Balaban J connectivity index is 1.64. The zero-order valence-corrected chi connectivity index (χ0v) is 12.8. The maximum Gasteiger partial charge on any atom is 0.191 e. The Labute approximate surface area is 134 Å². The molecule has 0 atom stereocenters. The number of aryl methyl sites for hydroxylation is 1. The molecule has 21 heavy (non-hydrogen) atoms. The molecule has 2 N–H and O–H groups in total. The first-order valence-corrected chi connectivity index (χ1v) is 7.48. The van der Waals surface area contributed by atoms with Crippen LogP contribution in [-0.4, -0.2) is 10.8 Å². The third-order valence-electron chi connectivity index (χ3n) is 3.35. The summed E-state index contributed by atoms with van der Waals surface area (Å²) in [6, 6.07) is 15.7. The van der Waals surface area contributed by atoms with Crippen molar-refractivity contribution in [3.63, 3.8) is 0 Å². The van der Waals surface area contributed by atoms with E-state index in [0.717, 1.165) is 24.2 Å². The Morgan fingerprint density at radius 1 is 1.05 bits per heavy atom. The monoisotopic (exact) mass is 315 g/mol. The fourth-order valence-electron chi connectivity index (χ4n) is 2.33. The number of halogens is 1. The van der Waals surface area contributed by atoms with E-state index in [2.05, 4.69) is 34.0 Å². The molecular weight excluding hydrogens is 302 g/mol. The Morgan fingerprint density at radius 2 is 1.81 bits per heavy atom. The van der Waals surface area contributed by atoms with Crippen molar-refractivity contribution in [1.29, 1.82) is 0 Å². The van der Waals surface area contributed by atoms with Crippen LogP contribution in [-0.2, 0) is 6.42 Å². The van der Waals surface area contributed by atoms with Crippen LogP contribution >= 0.6 is 23.8 Å². The number of hydrogen-bond donors (Lipinski definition) is 2. The molecule has 0 aromatic heterocycles. The predicted molar refractivity (Wildman–Crippen MR) is 92.1 cm³/mol. The lowest BCUT2D eigenvalue weighted by atomic mass is 10.1. The summed E-state index contributed by atoms with van der Waals surface area (Å²) in [5.74, 6) is 0. The lowest BCUT2D eigenvalue weighted by Gasteiger charge is -2.08. The summed E-state index contributed by atoms with van der Waals surface area (Å²) in [5, 5.41) is 8.65. The van der Waals surface area contributed by atoms with Crippen molar-refractivity contribution in [3.8, 4) is 0 Å². The Hall–Kier alpha value is -1.91. The molecule has 0 fully saturated rings. The van der Waals surface area contributed by atoms with Gasteiger partial charge >= 0.3 is 0 Å². The zero-order valence-electron chi connectivity index (χ0n) is 11.3. The molecule has 0 aliphatic heterocycles. The smallest absolute Gasteiger partial charge is 0.191 e. The Bertz CT molecular complexity index is 695. The molecule has 0 heterocycles. The van der Waals surface area contributed by atoms with Crippen LogP contribution in [0.25, 0.3) is 0 Å². The van der Waals surface area contributed by atoms with Crippen molar-refractivity contribution in [2.24, 2.45) is 5.10 Å². The molecule has 106 valence electrons. The van der Waals surface area contributed by atoms with E-state index in [9.17, 15) is 0 Å². The van der Waals surface area contributed by atoms with Crippen molar-refractivity contribution in [3.05, 3.63) is 64.7 Å². The number of anilines is 1. The van der Waals surface area contributed by atoms with Crippen LogP contribution < -0.4 is 10.7 Å². The number of fused-ring (bicyclic) bond motifs is 1. The minimum Gasteiger partial charge on any atom is -0.331 e. The van der Waals surface area contributed by atoms with Gasteiger partial charge in [-0.1, -0.05) is 35.9 Å². The number of hydrazone groups is 1. The minimum absolute atomic E-state index is 0.467. The molecule has 2 aromatic carbocycles. The van der Waals surface area contributed by atoms with Crippen LogP contribution in [0.1, 0.15) is 17.5 Å². The molecule has 0 saturated heterocycles. The lowest BCUT2D eigenvalue weighted by molar-refractivity contribution is 1.01. The van der Waals surface area contributed by atoms with Gasteiger partial charge in [-0.3, -0.25) is 5.43 Å². The van der Waals surface area contributed by atoms with Crippen molar-refractivity contribution in [2.45, 2.75) is 12.8 Å². The normalized spacial score (nSPS) is 14.8. The molecular formula is C16H14ClN3S. The summed E-state index contributed by atoms with van der Waals surface area (Å²) >= 11 is 11.1. The Kier molecular flexibility index (Phi) is 4.18. The summed E-state index contributed by atoms with van der Waals surface area (Å²) in [7, 11) is 0. The van der Waals surface area contributed by atoms with Gasteiger partial charge in [-0.2, -0.15) is 5.10 Å². The van der Waals surface area contributed by atoms with Crippen LogP contribution in [0.3, 0.4) is 0 Å². The van der Waals surface area contributed by atoms with Crippen molar-refractivity contribution < 1.29 is 0 Å². The molecule has 0 spiro atoms. The van der Waals surface area contributed by atoms with Gasteiger partial charge in [-0.15, -0.1) is 0 Å². The molecule has 0 radical (unpaired) electrons. The van der Waals surface area contributed by atoms with Crippen LogP contribution in [0, 0.1) is 0 Å². The minimum atomic E-state index is 0.467. The van der Waals surface area contributed by atoms with Crippen LogP contribution in [0.5, 0.6) is 0 Å². The summed E-state index contributed by atoms with van der Waals surface area (Å²) in [4.78, 5) is 0. The molecule has 0 amide bonds. The molecule has 5 heteroatoms. The largest absolute Gasteiger partial charge is 0.331 e. The predicted octanol–water partition coefficient (Wildman–Crippen LogP) is 3.98. The van der Waals surface area contributed by atoms with Crippen LogP contribution in [0.4, 0.5) is 5.69 Å². The molecule has 3 nitrogen and oxygen atoms in total. The SMILES string of the molecule is S=C(N/N=C1\CCc2ccccc21)Nc1ccc(Cl)cc1. The van der Waals surface area contributed by atoms with E-state index in [0.29, 0.717) is 10.1 Å². The maximum absolute atomic E-state index is 5.85. The highest BCUT2D eigenvalue weighted by atomic mass is 35.5. The van der Waals surface area contributed by atoms with Gasteiger partial charge in [0.1, 0.15) is 0 Å². The highest BCUT2D eigenvalue weighted by molar-refractivity contribution is 7.80. The first kappa shape index (κ1) is 14.0. The van der Waals surface area contributed by atoms with Gasteiger partial charge in [0.15, 0.2) is 5.11 Å². The van der Waals surface area contributed by atoms with E-state index in [1.807, 2.05) is 30.3 Å². The van der Waals surface area contributed by atoms with Crippen molar-refractivity contribution in [1.82, 2.24) is 5.43 Å². The van der Waals surface area contributed by atoms with E-state index in [1.165, 1.54) is 11.1 Å². The summed E-state index contributed by atoms with van der Waals surface area (Å²) < 4.78 is 0. The first-order valence-electron chi connectivity index (χ1n) is 6.70. The van der Waals surface area contributed by atoms with Crippen molar-refractivity contribution in [2.75, 3.05) is 5.32 Å². The highest BCUT2D eigenvalue weighted by Crippen LogP contribution is 2.21. The summed E-state index contributed by atoms with van der Waals surface area (Å²) in [6.45, 7) is 0. The second-order valence-electron chi connectivity index (χ2n) is 4.79. The fourth-order valence-corrected chi connectivity index (χ4v) is 2.62. The standard InChI is InChI=1S/C16H14ClN3S/c17-12-6-8-13(9-7-12)18-16(21)20-19-15-10-5-11-3-1-2-4-14(11)15/h1-4,6-9H,5,10H2,(H2,18,20,21)/b19-15+. The van der Waals surface area contributed by atoms with Gasteiger partial charge in [0.2, 0.25) is 0 Å². The number of rotatable bonds is 2. The highest BCUT2D eigenvalue weighted by Gasteiger charge is 2.16. The number of benzene rings is 2. The molecule has 1 aliphatic rings. The van der Waals surface area contributed by atoms with Crippen LogP contribution in [0.2, 0.25) is 5.02 Å². The Morgan fingerprint density at radius 3 is 2.62 bits per heavy atom. The van der Waals surface area contributed by atoms with Gasteiger partial charge in [0, 0.05) is 16.3 Å². The molecule has 2 aromatic rings. The molecule has 1 aliphatic carbocycles. The quantitative estimate of drug-likeness (QED) is 0.650.